The topological polar surface area (TPSA) is 145 Å². The molecule has 1 saturated heterocycles. The summed E-state index contributed by atoms with van der Waals surface area (Å²) in [7, 11) is -4.67. The van der Waals surface area contributed by atoms with Crippen LogP contribution in [0.25, 0.3) is 0 Å². The number of carbonyl (C=O) groups excluding carboxylic acids is 1. The molecule has 3 aliphatic carbocycles. The molecule has 4 atom stereocenters. The Bertz CT molecular complexity index is 1010. The summed E-state index contributed by atoms with van der Waals surface area (Å²) in [5.74, 6) is 1.39. The summed E-state index contributed by atoms with van der Waals surface area (Å²) in [4.78, 5) is 15.2. The normalized spacial score (nSPS) is 36.4. The van der Waals surface area contributed by atoms with E-state index in [2.05, 4.69) is 4.90 Å². The fourth-order valence-corrected chi connectivity index (χ4v) is 6.26. The molecule has 6 rings (SSSR count). The van der Waals surface area contributed by atoms with Gasteiger partial charge in [-0.3, -0.25) is 18.8 Å². The standard InChI is InChI=1S/C20H23NO4.H2O4S/c22-13-4-3-12-9-15-20(24)6-5-14(23)18-19(20,16(12)17(13)25-18)7-8-21(15)10-11-1-2-11;1-5(2,3)4/h3-4,11,15,18,22,24H,1-2,5-10H2;(H2,1,2,3,4)/t15-,18+,19+,20-;/m1./s1. The lowest BCUT2D eigenvalue weighted by atomic mass is 9.49. The average molecular weight is 439 g/mol. The molecule has 3 fully saturated rings. The molecule has 2 saturated carbocycles. The van der Waals surface area contributed by atoms with Crippen LogP contribution in [0.5, 0.6) is 11.5 Å². The van der Waals surface area contributed by atoms with Crippen LogP contribution in [-0.2, 0) is 27.0 Å². The van der Waals surface area contributed by atoms with Gasteiger partial charge in [-0.05, 0) is 56.2 Å². The minimum atomic E-state index is -4.67. The molecular formula is C20H25NO8S. The van der Waals surface area contributed by atoms with Gasteiger partial charge < -0.3 is 14.9 Å². The molecular weight excluding hydrogens is 414 g/mol. The van der Waals surface area contributed by atoms with Crippen LogP contribution >= 0.6 is 0 Å². The van der Waals surface area contributed by atoms with Crippen molar-refractivity contribution in [2.24, 2.45) is 5.92 Å². The molecule has 9 nitrogen and oxygen atoms in total. The Morgan fingerprint density at radius 1 is 1.20 bits per heavy atom. The lowest BCUT2D eigenvalue weighted by molar-refractivity contribution is -0.188. The number of ether oxygens (including phenoxy) is 1. The van der Waals surface area contributed by atoms with Gasteiger partial charge in [0.2, 0.25) is 0 Å². The van der Waals surface area contributed by atoms with E-state index in [1.54, 1.807) is 6.07 Å². The molecule has 5 aliphatic rings. The van der Waals surface area contributed by atoms with Crippen LogP contribution in [0.2, 0.25) is 0 Å². The second-order valence-corrected chi connectivity index (χ2v) is 10.1. The summed E-state index contributed by atoms with van der Waals surface area (Å²) < 4.78 is 37.6. The zero-order valence-electron chi connectivity index (χ0n) is 16.3. The number of benzene rings is 1. The number of phenols is 1. The predicted molar refractivity (Wildman–Crippen MR) is 104 cm³/mol. The van der Waals surface area contributed by atoms with Crippen LogP contribution in [0.4, 0.5) is 0 Å². The quantitative estimate of drug-likeness (QED) is 0.493. The van der Waals surface area contributed by atoms with Gasteiger partial charge in [-0.2, -0.15) is 8.42 Å². The van der Waals surface area contributed by atoms with Crippen LogP contribution in [0.1, 0.15) is 43.2 Å². The fraction of sp³-hybridized carbons (Fsp3) is 0.650. The smallest absolute Gasteiger partial charge is 0.394 e. The van der Waals surface area contributed by atoms with Gasteiger partial charge in [0, 0.05) is 24.6 Å². The molecule has 1 aromatic rings. The van der Waals surface area contributed by atoms with Crippen molar-refractivity contribution in [2.45, 2.75) is 61.7 Å². The zero-order chi connectivity index (χ0) is 21.5. The lowest BCUT2D eigenvalue weighted by Crippen LogP contribution is -2.76. The molecule has 2 bridgehead atoms. The number of hydrogen-bond donors (Lipinski definition) is 4. The van der Waals surface area contributed by atoms with E-state index in [-0.39, 0.29) is 17.6 Å². The molecule has 1 spiro atoms. The maximum Gasteiger partial charge on any atom is 0.394 e. The van der Waals surface area contributed by atoms with Crippen LogP contribution in [0, 0.1) is 5.92 Å². The van der Waals surface area contributed by atoms with Gasteiger partial charge in [-0.1, -0.05) is 6.07 Å². The fourth-order valence-electron chi connectivity index (χ4n) is 6.26. The second kappa shape index (κ2) is 6.39. The first-order valence-electron chi connectivity index (χ1n) is 10.3. The van der Waals surface area contributed by atoms with Crippen molar-refractivity contribution in [2.75, 3.05) is 13.1 Å². The monoisotopic (exact) mass is 439 g/mol. The van der Waals surface area contributed by atoms with Crippen LogP contribution in [0.3, 0.4) is 0 Å². The highest BCUT2D eigenvalue weighted by atomic mass is 32.3. The van der Waals surface area contributed by atoms with Gasteiger partial charge in [0.1, 0.15) is 0 Å². The summed E-state index contributed by atoms with van der Waals surface area (Å²) in [5, 5.41) is 22.3. The minimum absolute atomic E-state index is 0.0454. The number of carbonyl (C=O) groups is 1. The molecule has 0 unspecified atom stereocenters. The number of aromatic hydroxyl groups is 1. The Hall–Kier alpha value is -1.72. The lowest BCUT2D eigenvalue weighted by Gasteiger charge is -2.62. The first-order valence-corrected chi connectivity index (χ1v) is 11.7. The number of nitrogens with zero attached hydrogens (tertiary/aromatic N) is 1. The third-order valence-corrected chi connectivity index (χ3v) is 7.56. The molecule has 0 amide bonds. The Labute approximate surface area is 174 Å². The largest absolute Gasteiger partial charge is 0.504 e. The highest BCUT2D eigenvalue weighted by molar-refractivity contribution is 7.79. The summed E-state index contributed by atoms with van der Waals surface area (Å²) in [5.41, 5.74) is 0.454. The van der Waals surface area contributed by atoms with E-state index in [1.165, 1.54) is 12.8 Å². The summed E-state index contributed by atoms with van der Waals surface area (Å²) in [6.45, 7) is 1.95. The number of phenolic OH excluding ortho intramolecular Hbond substituents is 1. The first-order chi connectivity index (χ1) is 14.0. The number of ketones is 1. The minimum Gasteiger partial charge on any atom is -0.504 e. The molecule has 2 heterocycles. The number of piperidine rings is 1. The van der Waals surface area contributed by atoms with Crippen molar-refractivity contribution in [1.82, 2.24) is 4.90 Å². The molecule has 164 valence electrons. The third-order valence-electron chi connectivity index (χ3n) is 7.56. The van der Waals surface area contributed by atoms with E-state index in [0.29, 0.717) is 18.6 Å². The van der Waals surface area contributed by atoms with Gasteiger partial charge in [-0.15, -0.1) is 0 Å². The molecule has 0 radical (unpaired) electrons. The van der Waals surface area contributed by atoms with E-state index in [0.717, 1.165) is 43.0 Å². The van der Waals surface area contributed by atoms with Crippen molar-refractivity contribution < 1.29 is 37.3 Å². The summed E-state index contributed by atoms with van der Waals surface area (Å²) >= 11 is 0. The van der Waals surface area contributed by atoms with E-state index in [9.17, 15) is 15.0 Å². The van der Waals surface area contributed by atoms with Gasteiger partial charge in [0.25, 0.3) is 0 Å². The van der Waals surface area contributed by atoms with Crippen molar-refractivity contribution in [3.8, 4) is 11.5 Å². The Balaban J connectivity index is 0.000000349. The summed E-state index contributed by atoms with van der Waals surface area (Å²) in [6, 6.07) is 3.69. The predicted octanol–water partition coefficient (Wildman–Crippen LogP) is 0.873. The van der Waals surface area contributed by atoms with Gasteiger partial charge >= 0.3 is 10.4 Å². The maximum absolute atomic E-state index is 12.7. The van der Waals surface area contributed by atoms with Crippen molar-refractivity contribution in [1.29, 1.82) is 0 Å². The second-order valence-electron chi connectivity index (χ2n) is 9.16. The Morgan fingerprint density at radius 3 is 2.57 bits per heavy atom. The molecule has 0 aromatic heterocycles. The average Bonchev–Trinajstić information content (AvgIpc) is 3.38. The van der Waals surface area contributed by atoms with Gasteiger partial charge in [-0.25, -0.2) is 0 Å². The first kappa shape index (κ1) is 20.2. The molecule has 2 aliphatic heterocycles. The molecule has 30 heavy (non-hydrogen) atoms. The Morgan fingerprint density at radius 2 is 1.90 bits per heavy atom. The summed E-state index contributed by atoms with van der Waals surface area (Å²) in [6.07, 6.45) is 4.33. The van der Waals surface area contributed by atoms with Gasteiger partial charge in [0.05, 0.1) is 11.0 Å². The number of Topliss-reactive ketones (excluding diaryl/α,β-unsaturated/α-hetero) is 1. The van der Waals surface area contributed by atoms with E-state index >= 15 is 0 Å². The zero-order valence-corrected chi connectivity index (χ0v) is 17.1. The number of likely N-dealkylation sites (tertiary alicyclic amines) is 1. The van der Waals surface area contributed by atoms with Crippen LogP contribution in [0.15, 0.2) is 12.1 Å². The SMILES string of the molecule is O=C1CC[C@@]2(O)[C@H]3Cc4ccc(O)c5c4[C@@]2(CCN3CC2CC2)[C@H]1O5.O=S(=O)(O)O. The van der Waals surface area contributed by atoms with Crippen molar-refractivity contribution in [3.63, 3.8) is 0 Å². The number of hydrogen-bond acceptors (Lipinski definition) is 7. The van der Waals surface area contributed by atoms with E-state index in [1.807, 2.05) is 6.07 Å². The number of rotatable bonds is 2. The van der Waals surface area contributed by atoms with Crippen LogP contribution in [-0.4, -0.2) is 69.3 Å². The van der Waals surface area contributed by atoms with Gasteiger partial charge in [0.15, 0.2) is 23.4 Å². The number of aliphatic hydroxyl groups is 1. The highest BCUT2D eigenvalue weighted by Crippen LogP contribution is 2.64. The van der Waals surface area contributed by atoms with E-state index < -0.39 is 27.5 Å². The maximum atomic E-state index is 12.7. The molecule has 1 aromatic carbocycles. The van der Waals surface area contributed by atoms with Crippen molar-refractivity contribution >= 4 is 16.2 Å². The van der Waals surface area contributed by atoms with Crippen LogP contribution < -0.4 is 4.74 Å². The highest BCUT2D eigenvalue weighted by Gasteiger charge is 2.73. The van der Waals surface area contributed by atoms with E-state index in [4.69, 9.17) is 22.3 Å². The van der Waals surface area contributed by atoms with Crippen molar-refractivity contribution in [3.05, 3.63) is 23.3 Å². The molecule has 10 heteroatoms. The Kier molecular flexibility index (Phi) is 4.31. The molecule has 4 N–H and O–H groups in total. The third kappa shape index (κ3) is 2.81.